The summed E-state index contributed by atoms with van der Waals surface area (Å²) in [6, 6.07) is 18.3. The zero-order valence-corrected chi connectivity index (χ0v) is 23.2. The van der Waals surface area contributed by atoms with E-state index in [1.54, 1.807) is 36.5 Å². The van der Waals surface area contributed by atoms with Gasteiger partial charge >= 0.3 is 0 Å². The third kappa shape index (κ3) is 5.60. The summed E-state index contributed by atoms with van der Waals surface area (Å²) in [7, 11) is 0.314. The van der Waals surface area contributed by atoms with Crippen molar-refractivity contribution in [1.82, 2.24) is 9.80 Å². The SMILES string of the molecule is COc1cc(C(=O)N2CCN(Cc3ccccc3P)CC2)ccc1NS(=O)(=O)c1cccc2c1N=CCC2. The summed E-state index contributed by atoms with van der Waals surface area (Å²) in [6.45, 7) is 3.65. The number of carbonyl (C=O) groups excluding carboxylic acids is 1. The Morgan fingerprint density at radius 3 is 2.61 bits per heavy atom. The number of aliphatic imine (C=N–C) groups is 1. The highest BCUT2D eigenvalue weighted by Gasteiger charge is 2.26. The molecule has 2 aliphatic rings. The number of carbonyl (C=O) groups is 1. The van der Waals surface area contributed by atoms with E-state index in [9.17, 15) is 13.2 Å². The Kier molecular flexibility index (Phi) is 7.79. The molecule has 3 aromatic carbocycles. The van der Waals surface area contributed by atoms with Crippen molar-refractivity contribution in [1.29, 1.82) is 0 Å². The maximum Gasteiger partial charge on any atom is 0.264 e. The fourth-order valence-corrected chi connectivity index (χ4v) is 6.39. The molecule has 2 aliphatic heterocycles. The molecule has 3 aromatic rings. The van der Waals surface area contributed by atoms with E-state index in [0.717, 1.165) is 38.0 Å². The van der Waals surface area contributed by atoms with Crippen LogP contribution in [0.1, 0.15) is 27.9 Å². The number of ether oxygens (including phenoxy) is 1. The molecule has 0 saturated carbocycles. The number of aryl methyl sites for hydroxylation is 1. The number of hydrogen-bond donors (Lipinski definition) is 1. The highest BCUT2D eigenvalue weighted by molar-refractivity contribution is 7.92. The number of sulfonamides is 1. The van der Waals surface area contributed by atoms with Crippen LogP contribution < -0.4 is 14.8 Å². The zero-order valence-electron chi connectivity index (χ0n) is 21.3. The lowest BCUT2D eigenvalue weighted by Crippen LogP contribution is -2.48. The van der Waals surface area contributed by atoms with E-state index in [0.29, 0.717) is 24.3 Å². The molecule has 38 heavy (non-hydrogen) atoms. The predicted octanol–water partition coefficient (Wildman–Crippen LogP) is 3.60. The molecule has 0 aromatic heterocycles. The standard InChI is InChI=1S/C28H31N4O4PS/c1-36-24-18-21(28(33)32-16-14-31(15-17-32)19-22-6-2-3-9-25(22)37)11-12-23(24)30-38(34,35)26-10-4-7-20-8-5-13-29-27(20)26/h2-4,6-7,9-13,18,30H,5,8,14-17,19,37H2,1H3. The molecule has 0 spiro atoms. The second-order valence-electron chi connectivity index (χ2n) is 9.40. The van der Waals surface area contributed by atoms with Gasteiger partial charge in [-0.15, -0.1) is 9.24 Å². The Balaban J connectivity index is 1.27. The van der Waals surface area contributed by atoms with Crippen LogP contribution >= 0.6 is 9.24 Å². The van der Waals surface area contributed by atoms with Crippen LogP contribution in [0.2, 0.25) is 0 Å². The fraction of sp³-hybridized carbons (Fsp3) is 0.286. The first kappa shape index (κ1) is 26.4. The number of amides is 1. The molecule has 0 bridgehead atoms. The van der Waals surface area contributed by atoms with Crippen molar-refractivity contribution < 1.29 is 17.9 Å². The number of nitrogens with zero attached hydrogens (tertiary/aromatic N) is 3. The van der Waals surface area contributed by atoms with E-state index in [-0.39, 0.29) is 22.2 Å². The van der Waals surface area contributed by atoms with E-state index in [1.165, 1.54) is 18.0 Å². The Hall–Kier alpha value is -3.26. The molecule has 5 rings (SSSR count). The second kappa shape index (κ2) is 11.2. The molecule has 1 N–H and O–H groups in total. The van der Waals surface area contributed by atoms with Gasteiger partial charge in [0.05, 0.1) is 18.5 Å². The van der Waals surface area contributed by atoms with E-state index in [1.807, 2.05) is 23.1 Å². The lowest BCUT2D eigenvalue weighted by atomic mass is 10.1. The Morgan fingerprint density at radius 1 is 1.05 bits per heavy atom. The summed E-state index contributed by atoms with van der Waals surface area (Å²) < 4.78 is 34.6. The number of hydrogen-bond acceptors (Lipinski definition) is 6. The summed E-state index contributed by atoms with van der Waals surface area (Å²) in [5, 5.41) is 1.19. The fourth-order valence-electron chi connectivity index (χ4n) is 4.83. The van der Waals surface area contributed by atoms with E-state index >= 15 is 0 Å². The van der Waals surface area contributed by atoms with E-state index < -0.39 is 10.0 Å². The number of anilines is 1. The minimum Gasteiger partial charge on any atom is -0.495 e. The van der Waals surface area contributed by atoms with Gasteiger partial charge < -0.3 is 9.64 Å². The van der Waals surface area contributed by atoms with Crippen molar-refractivity contribution in [3.05, 3.63) is 77.4 Å². The number of rotatable bonds is 7. The smallest absolute Gasteiger partial charge is 0.264 e. The number of fused-ring (bicyclic) bond motifs is 1. The molecule has 8 nitrogen and oxygen atoms in total. The molecule has 1 atom stereocenters. The summed E-state index contributed by atoms with van der Waals surface area (Å²) in [5.74, 6) is 0.179. The van der Waals surface area contributed by atoms with Crippen molar-refractivity contribution >= 4 is 48.1 Å². The van der Waals surface area contributed by atoms with Crippen LogP contribution in [0.15, 0.2) is 70.6 Å². The Labute approximate surface area is 226 Å². The van der Waals surface area contributed by atoms with Gasteiger partial charge in [-0.05, 0) is 53.5 Å². The van der Waals surface area contributed by atoms with Gasteiger partial charge in [-0.2, -0.15) is 0 Å². The molecule has 2 heterocycles. The van der Waals surface area contributed by atoms with Crippen LogP contribution in [0, 0.1) is 0 Å². The van der Waals surface area contributed by atoms with Gasteiger partial charge in [-0.1, -0.05) is 36.4 Å². The number of methoxy groups -OCH3 is 1. The number of para-hydroxylation sites is 1. The quantitative estimate of drug-likeness (QED) is 0.454. The number of nitrogens with one attached hydrogen (secondary N) is 1. The first-order valence-corrected chi connectivity index (χ1v) is 14.6. The van der Waals surface area contributed by atoms with Gasteiger partial charge in [0.1, 0.15) is 10.6 Å². The molecule has 1 amide bonds. The first-order valence-electron chi connectivity index (χ1n) is 12.6. The van der Waals surface area contributed by atoms with Crippen molar-refractivity contribution in [3.8, 4) is 5.75 Å². The summed E-state index contributed by atoms with van der Waals surface area (Å²) >= 11 is 0. The maximum atomic E-state index is 13.3. The third-order valence-corrected chi connectivity index (χ3v) is 8.90. The Morgan fingerprint density at radius 2 is 1.84 bits per heavy atom. The second-order valence-corrected chi connectivity index (χ2v) is 11.7. The normalized spacial score (nSPS) is 15.7. The summed E-state index contributed by atoms with van der Waals surface area (Å²) in [4.78, 5) is 21.9. The predicted molar refractivity (Wildman–Crippen MR) is 154 cm³/mol. The maximum absolute atomic E-state index is 13.3. The van der Waals surface area contributed by atoms with Gasteiger partial charge in [0.25, 0.3) is 15.9 Å². The van der Waals surface area contributed by atoms with Gasteiger partial charge in [0.15, 0.2) is 0 Å². The molecular weight excluding hydrogens is 519 g/mol. The van der Waals surface area contributed by atoms with Crippen LogP contribution in [0.3, 0.4) is 0 Å². The topological polar surface area (TPSA) is 91.3 Å². The minimum absolute atomic E-state index is 0.102. The molecule has 198 valence electrons. The highest BCUT2D eigenvalue weighted by atomic mass is 32.2. The molecular formula is C28H31N4O4PS. The van der Waals surface area contributed by atoms with Crippen LogP contribution in [0.5, 0.6) is 5.75 Å². The lowest BCUT2D eigenvalue weighted by molar-refractivity contribution is 0.0628. The molecule has 10 heteroatoms. The average molecular weight is 551 g/mol. The van der Waals surface area contributed by atoms with Crippen LogP contribution in [-0.4, -0.2) is 63.6 Å². The zero-order chi connectivity index (χ0) is 26.7. The van der Waals surface area contributed by atoms with Gasteiger partial charge in [-0.25, -0.2) is 8.42 Å². The third-order valence-electron chi connectivity index (χ3n) is 6.94. The van der Waals surface area contributed by atoms with Crippen molar-refractivity contribution in [2.75, 3.05) is 38.0 Å². The first-order chi connectivity index (χ1) is 18.4. The lowest BCUT2D eigenvalue weighted by Gasteiger charge is -2.35. The van der Waals surface area contributed by atoms with Crippen LogP contribution in [0.4, 0.5) is 11.4 Å². The van der Waals surface area contributed by atoms with Crippen molar-refractivity contribution in [2.24, 2.45) is 4.99 Å². The van der Waals surface area contributed by atoms with Gasteiger partial charge in [0, 0.05) is 44.5 Å². The van der Waals surface area contributed by atoms with Crippen molar-refractivity contribution in [3.63, 3.8) is 0 Å². The molecule has 0 radical (unpaired) electrons. The van der Waals surface area contributed by atoms with E-state index in [4.69, 9.17) is 4.74 Å². The summed E-state index contributed by atoms with van der Waals surface area (Å²) in [6.07, 6.45) is 3.28. The molecule has 1 fully saturated rings. The largest absolute Gasteiger partial charge is 0.495 e. The monoisotopic (exact) mass is 550 g/mol. The Bertz CT molecular complexity index is 1480. The van der Waals surface area contributed by atoms with E-state index in [2.05, 4.69) is 36.0 Å². The van der Waals surface area contributed by atoms with Gasteiger partial charge in [-0.3, -0.25) is 19.4 Å². The molecule has 1 unspecified atom stereocenters. The molecule has 0 aliphatic carbocycles. The highest BCUT2D eigenvalue weighted by Crippen LogP contribution is 2.34. The average Bonchev–Trinajstić information content (AvgIpc) is 2.94. The van der Waals surface area contributed by atoms with Crippen LogP contribution in [0.25, 0.3) is 0 Å². The number of benzene rings is 3. The van der Waals surface area contributed by atoms with Crippen LogP contribution in [-0.2, 0) is 23.0 Å². The number of piperazine rings is 1. The van der Waals surface area contributed by atoms with Crippen molar-refractivity contribution in [2.45, 2.75) is 24.3 Å². The molecule has 1 saturated heterocycles. The van der Waals surface area contributed by atoms with Gasteiger partial charge in [0.2, 0.25) is 0 Å². The summed E-state index contributed by atoms with van der Waals surface area (Å²) in [5.41, 5.74) is 3.36. The minimum atomic E-state index is -3.92.